The van der Waals surface area contributed by atoms with E-state index in [9.17, 15) is 0 Å². The largest absolute Gasteiger partial charge is 0.481 e. The summed E-state index contributed by atoms with van der Waals surface area (Å²) < 4.78 is 12.4. The van der Waals surface area contributed by atoms with Crippen LogP contribution in [0.15, 0.2) is 58.0 Å². The lowest BCUT2D eigenvalue weighted by Gasteiger charge is -2.05. The molecule has 3 aromatic rings. The van der Waals surface area contributed by atoms with Crippen LogP contribution >= 0.6 is 11.8 Å². The van der Waals surface area contributed by atoms with Crippen LogP contribution in [0.3, 0.4) is 0 Å². The van der Waals surface area contributed by atoms with Crippen LogP contribution < -0.4 is 4.74 Å². The van der Waals surface area contributed by atoms with E-state index in [1.165, 1.54) is 11.8 Å². The summed E-state index contributed by atoms with van der Waals surface area (Å²) in [6.45, 7) is 4.32. The molecule has 3 aromatic heterocycles. The van der Waals surface area contributed by atoms with Crippen molar-refractivity contribution in [1.29, 1.82) is 0 Å². The van der Waals surface area contributed by atoms with Crippen molar-refractivity contribution in [3.05, 3.63) is 43.3 Å². The molecule has 112 valence electrons. The average molecular weight is 315 g/mol. The van der Waals surface area contributed by atoms with Gasteiger partial charge in [0, 0.05) is 18.8 Å². The van der Waals surface area contributed by atoms with E-state index in [1.807, 2.05) is 10.6 Å². The van der Waals surface area contributed by atoms with Gasteiger partial charge in [-0.2, -0.15) is 4.98 Å². The Morgan fingerprint density at radius 3 is 3.05 bits per heavy atom. The number of aromatic nitrogens is 5. The van der Waals surface area contributed by atoms with Crippen molar-refractivity contribution in [3.63, 3.8) is 0 Å². The zero-order valence-electron chi connectivity index (χ0n) is 11.8. The molecule has 0 saturated carbocycles. The van der Waals surface area contributed by atoms with Crippen molar-refractivity contribution in [3.8, 4) is 17.5 Å². The van der Waals surface area contributed by atoms with Gasteiger partial charge in [-0.3, -0.25) is 4.57 Å². The molecule has 0 bridgehead atoms. The molecule has 0 aliphatic carbocycles. The van der Waals surface area contributed by atoms with Crippen molar-refractivity contribution in [2.24, 2.45) is 0 Å². The summed E-state index contributed by atoms with van der Waals surface area (Å²) in [4.78, 5) is 8.46. The predicted octanol–water partition coefficient (Wildman–Crippen LogP) is 2.67. The lowest BCUT2D eigenvalue weighted by Crippen LogP contribution is -2.00. The first-order chi connectivity index (χ1) is 10.8. The predicted molar refractivity (Wildman–Crippen MR) is 80.6 cm³/mol. The van der Waals surface area contributed by atoms with Gasteiger partial charge in [0.15, 0.2) is 16.1 Å². The van der Waals surface area contributed by atoms with Crippen LogP contribution in [-0.2, 0) is 6.54 Å². The lowest BCUT2D eigenvalue weighted by atomic mass is 10.4. The van der Waals surface area contributed by atoms with Gasteiger partial charge in [0.1, 0.15) is 0 Å². The standard InChI is InChI=1S/C14H13N5O2S/c1-3-8-19-12(10-5-4-9-21-10)17-18-14(19)22-13-15-7-6-11(16-13)20-2/h3-7,9H,1,8H2,2H3. The first-order valence-electron chi connectivity index (χ1n) is 6.44. The van der Waals surface area contributed by atoms with Gasteiger partial charge < -0.3 is 9.15 Å². The molecule has 22 heavy (non-hydrogen) atoms. The Labute approximate surface area is 131 Å². The molecular formula is C14H13N5O2S. The number of allylic oxidation sites excluding steroid dienone is 1. The van der Waals surface area contributed by atoms with Gasteiger partial charge in [-0.15, -0.1) is 16.8 Å². The molecule has 0 N–H and O–H groups in total. The highest BCUT2D eigenvalue weighted by Crippen LogP contribution is 2.28. The maximum atomic E-state index is 5.39. The van der Waals surface area contributed by atoms with Crippen LogP contribution in [0.2, 0.25) is 0 Å². The maximum Gasteiger partial charge on any atom is 0.217 e. The molecule has 7 nitrogen and oxygen atoms in total. The minimum Gasteiger partial charge on any atom is -0.481 e. The highest BCUT2D eigenvalue weighted by Gasteiger charge is 2.17. The number of methoxy groups -OCH3 is 1. The third-order valence-electron chi connectivity index (χ3n) is 2.77. The minimum absolute atomic E-state index is 0.499. The van der Waals surface area contributed by atoms with E-state index in [4.69, 9.17) is 9.15 Å². The Morgan fingerprint density at radius 2 is 2.32 bits per heavy atom. The van der Waals surface area contributed by atoms with Crippen LogP contribution in [0.4, 0.5) is 0 Å². The third kappa shape index (κ3) is 2.86. The minimum atomic E-state index is 0.499. The molecule has 0 saturated heterocycles. The maximum absolute atomic E-state index is 5.39. The second kappa shape index (κ2) is 6.44. The first-order valence-corrected chi connectivity index (χ1v) is 7.26. The van der Waals surface area contributed by atoms with Gasteiger partial charge in [0.05, 0.1) is 13.4 Å². The van der Waals surface area contributed by atoms with Gasteiger partial charge in [-0.25, -0.2) is 4.98 Å². The molecule has 0 spiro atoms. The number of rotatable bonds is 6. The summed E-state index contributed by atoms with van der Waals surface area (Å²) in [5.74, 6) is 1.78. The summed E-state index contributed by atoms with van der Waals surface area (Å²) in [5, 5.41) is 9.55. The summed E-state index contributed by atoms with van der Waals surface area (Å²) in [5.41, 5.74) is 0. The van der Waals surface area contributed by atoms with E-state index in [1.54, 1.807) is 37.8 Å². The first kappa shape index (κ1) is 14.3. The van der Waals surface area contributed by atoms with E-state index >= 15 is 0 Å². The van der Waals surface area contributed by atoms with Crippen LogP contribution in [0.1, 0.15) is 0 Å². The zero-order valence-corrected chi connectivity index (χ0v) is 12.7. The van der Waals surface area contributed by atoms with Gasteiger partial charge in [-0.1, -0.05) is 6.08 Å². The van der Waals surface area contributed by atoms with Gasteiger partial charge in [0.2, 0.25) is 11.7 Å². The quantitative estimate of drug-likeness (QED) is 0.511. The monoisotopic (exact) mass is 315 g/mol. The molecule has 3 rings (SSSR count). The number of ether oxygens (including phenoxy) is 1. The van der Waals surface area contributed by atoms with Crippen LogP contribution in [0, 0.1) is 0 Å². The van der Waals surface area contributed by atoms with Crippen molar-refractivity contribution in [2.45, 2.75) is 16.9 Å². The molecule has 0 atom stereocenters. The van der Waals surface area contributed by atoms with Crippen LogP contribution in [0.5, 0.6) is 5.88 Å². The highest BCUT2D eigenvalue weighted by molar-refractivity contribution is 7.99. The Morgan fingerprint density at radius 1 is 1.41 bits per heavy atom. The normalized spacial score (nSPS) is 10.6. The Kier molecular flexibility index (Phi) is 4.19. The van der Waals surface area contributed by atoms with Crippen molar-refractivity contribution >= 4 is 11.8 Å². The van der Waals surface area contributed by atoms with Crippen molar-refractivity contribution < 1.29 is 9.15 Å². The van der Waals surface area contributed by atoms with Gasteiger partial charge in [0.25, 0.3) is 0 Å². The van der Waals surface area contributed by atoms with E-state index in [2.05, 4.69) is 26.7 Å². The van der Waals surface area contributed by atoms with Crippen molar-refractivity contribution in [1.82, 2.24) is 24.7 Å². The fourth-order valence-corrected chi connectivity index (χ4v) is 2.58. The van der Waals surface area contributed by atoms with Crippen molar-refractivity contribution in [2.75, 3.05) is 7.11 Å². The fourth-order valence-electron chi connectivity index (χ4n) is 1.82. The average Bonchev–Trinajstić information content (AvgIpc) is 3.18. The molecule has 0 aliphatic rings. The van der Waals surface area contributed by atoms with Gasteiger partial charge in [-0.05, 0) is 23.9 Å². The Balaban J connectivity index is 1.94. The zero-order chi connectivity index (χ0) is 15.4. The summed E-state index contributed by atoms with van der Waals surface area (Å²) in [6.07, 6.45) is 5.00. The molecule has 0 aromatic carbocycles. The number of hydrogen-bond donors (Lipinski definition) is 0. The summed E-state index contributed by atoms with van der Waals surface area (Å²) >= 11 is 1.30. The SMILES string of the molecule is C=CCn1c(Sc2nccc(OC)n2)nnc1-c1ccco1. The van der Waals surface area contributed by atoms with Crippen LogP contribution in [-0.4, -0.2) is 31.8 Å². The molecule has 0 aliphatic heterocycles. The third-order valence-corrected chi connectivity index (χ3v) is 3.63. The molecule has 0 fully saturated rings. The highest BCUT2D eigenvalue weighted by atomic mass is 32.2. The molecular weight excluding hydrogens is 302 g/mol. The molecule has 3 heterocycles. The lowest BCUT2D eigenvalue weighted by molar-refractivity contribution is 0.392. The number of nitrogens with zero attached hydrogens (tertiary/aromatic N) is 5. The van der Waals surface area contributed by atoms with E-state index in [0.717, 1.165) is 0 Å². The number of hydrogen-bond acceptors (Lipinski definition) is 7. The number of furan rings is 1. The Hall–Kier alpha value is -2.61. The van der Waals surface area contributed by atoms with E-state index < -0.39 is 0 Å². The Bertz CT molecular complexity index is 769. The second-order valence-corrected chi connectivity index (χ2v) is 5.10. The fraction of sp³-hybridized carbons (Fsp3) is 0.143. The smallest absolute Gasteiger partial charge is 0.217 e. The summed E-state index contributed by atoms with van der Waals surface area (Å²) in [6, 6.07) is 5.33. The molecule has 0 radical (unpaired) electrons. The van der Waals surface area contributed by atoms with Gasteiger partial charge >= 0.3 is 0 Å². The second-order valence-electron chi connectivity index (χ2n) is 4.17. The molecule has 0 amide bonds. The molecule has 0 unspecified atom stereocenters. The van der Waals surface area contributed by atoms with E-state index in [-0.39, 0.29) is 0 Å². The van der Waals surface area contributed by atoms with Crippen LogP contribution in [0.25, 0.3) is 11.6 Å². The summed E-state index contributed by atoms with van der Waals surface area (Å²) in [7, 11) is 1.56. The van der Waals surface area contributed by atoms with E-state index in [0.29, 0.717) is 34.3 Å². The molecule has 8 heteroatoms. The topological polar surface area (TPSA) is 78.9 Å².